The van der Waals surface area contributed by atoms with Crippen LogP contribution in [-0.4, -0.2) is 56.9 Å². The van der Waals surface area contributed by atoms with Crippen molar-refractivity contribution in [2.75, 3.05) is 32.7 Å². The van der Waals surface area contributed by atoms with E-state index in [0.29, 0.717) is 5.92 Å². The summed E-state index contributed by atoms with van der Waals surface area (Å²) in [5.74, 6) is 1.75. The van der Waals surface area contributed by atoms with Crippen molar-refractivity contribution >= 4 is 18.3 Å². The molecule has 2 heterocycles. The first-order valence-electron chi connectivity index (χ1n) is 11.6. The molecule has 1 saturated heterocycles. The predicted molar refractivity (Wildman–Crippen MR) is 132 cm³/mol. The summed E-state index contributed by atoms with van der Waals surface area (Å²) in [6, 6.07) is 21.1. The Kier molecular flexibility index (Phi) is 6.62. The van der Waals surface area contributed by atoms with Crippen LogP contribution in [-0.2, 0) is 13.2 Å². The maximum Gasteiger partial charge on any atom is 0.199 e. The molecular formula is C26H31N5S. The third kappa shape index (κ3) is 5.26. The second-order valence-electron chi connectivity index (χ2n) is 8.86. The Morgan fingerprint density at radius 3 is 2.22 bits per heavy atom. The van der Waals surface area contributed by atoms with Gasteiger partial charge in [-0.25, -0.2) is 4.68 Å². The monoisotopic (exact) mass is 445 g/mol. The van der Waals surface area contributed by atoms with Crippen molar-refractivity contribution in [3.8, 4) is 0 Å². The van der Waals surface area contributed by atoms with Crippen LogP contribution < -0.4 is 0 Å². The molecule has 2 aromatic carbocycles. The molecule has 5 rings (SSSR count). The maximum absolute atomic E-state index is 5.87. The van der Waals surface area contributed by atoms with Crippen molar-refractivity contribution in [1.82, 2.24) is 24.1 Å². The molecule has 0 N–H and O–H groups in total. The van der Waals surface area contributed by atoms with Crippen LogP contribution in [0.2, 0.25) is 0 Å². The highest BCUT2D eigenvalue weighted by Gasteiger charge is 2.30. The fourth-order valence-electron chi connectivity index (χ4n) is 4.31. The molecule has 1 aliphatic heterocycles. The minimum atomic E-state index is 0.579. The molecule has 1 aromatic heterocycles. The van der Waals surface area contributed by atoms with Crippen LogP contribution in [0.4, 0.5) is 0 Å². The van der Waals surface area contributed by atoms with Gasteiger partial charge in [0.15, 0.2) is 4.77 Å². The molecule has 3 aromatic rings. The zero-order valence-electron chi connectivity index (χ0n) is 18.5. The summed E-state index contributed by atoms with van der Waals surface area (Å²) >= 11 is 5.87. The molecule has 5 nitrogen and oxygen atoms in total. The van der Waals surface area contributed by atoms with E-state index in [0.717, 1.165) is 50.7 Å². The molecule has 1 aliphatic carbocycles. The highest BCUT2D eigenvalue weighted by molar-refractivity contribution is 7.71. The third-order valence-corrected chi connectivity index (χ3v) is 6.78. The number of hydrogen-bond acceptors (Lipinski definition) is 4. The maximum atomic E-state index is 5.87. The molecule has 32 heavy (non-hydrogen) atoms. The SMILES string of the molecule is S=c1n(CN2CCN(C/C=C/c3ccccc3)CC2)nc(C2CC2)n1Cc1ccccc1. The van der Waals surface area contributed by atoms with E-state index in [1.54, 1.807) is 0 Å². The van der Waals surface area contributed by atoms with Crippen LogP contribution in [0.1, 0.15) is 35.7 Å². The Morgan fingerprint density at radius 1 is 0.875 bits per heavy atom. The number of piperazine rings is 1. The van der Waals surface area contributed by atoms with Gasteiger partial charge in [0.2, 0.25) is 0 Å². The second kappa shape index (κ2) is 9.94. The van der Waals surface area contributed by atoms with E-state index in [-0.39, 0.29) is 0 Å². The molecule has 0 amide bonds. The average Bonchev–Trinajstić information content (AvgIpc) is 3.63. The molecule has 6 heteroatoms. The van der Waals surface area contributed by atoms with Gasteiger partial charge in [-0.3, -0.25) is 14.4 Å². The first-order valence-corrected chi connectivity index (χ1v) is 12.0. The lowest BCUT2D eigenvalue weighted by atomic mass is 10.2. The quantitative estimate of drug-likeness (QED) is 0.473. The molecular weight excluding hydrogens is 414 g/mol. The summed E-state index contributed by atoms with van der Waals surface area (Å²) < 4.78 is 5.16. The van der Waals surface area contributed by atoms with Crippen molar-refractivity contribution in [2.45, 2.75) is 32.0 Å². The van der Waals surface area contributed by atoms with Gasteiger partial charge in [-0.1, -0.05) is 72.8 Å². The van der Waals surface area contributed by atoms with Gasteiger partial charge in [0.25, 0.3) is 0 Å². The van der Waals surface area contributed by atoms with Gasteiger partial charge < -0.3 is 0 Å². The molecule has 0 bridgehead atoms. The lowest BCUT2D eigenvalue weighted by Crippen LogP contribution is -2.46. The third-order valence-electron chi connectivity index (χ3n) is 6.35. The number of hydrogen-bond donors (Lipinski definition) is 0. The molecule has 0 unspecified atom stereocenters. The standard InChI is InChI=1S/C26H31N5S/c32-26-30(20-23-10-5-2-6-11-23)25(24-13-14-24)27-31(26)21-29-18-16-28(17-19-29)15-7-12-22-8-3-1-4-9-22/h1-12,24H,13-21H2/b12-7+. The summed E-state index contributed by atoms with van der Waals surface area (Å²) in [7, 11) is 0. The van der Waals surface area contributed by atoms with E-state index in [4.69, 9.17) is 17.3 Å². The van der Waals surface area contributed by atoms with Gasteiger partial charge in [-0.15, -0.1) is 0 Å². The van der Waals surface area contributed by atoms with Crippen LogP contribution in [0.5, 0.6) is 0 Å². The average molecular weight is 446 g/mol. The summed E-state index contributed by atoms with van der Waals surface area (Å²) in [6.45, 7) is 6.84. The zero-order valence-corrected chi connectivity index (χ0v) is 19.3. The predicted octanol–water partition coefficient (Wildman–Crippen LogP) is 4.63. The first kappa shape index (κ1) is 21.3. The molecule has 2 aliphatic rings. The smallest absolute Gasteiger partial charge is 0.199 e. The second-order valence-corrected chi connectivity index (χ2v) is 9.22. The summed E-state index contributed by atoms with van der Waals surface area (Å²) in [6.07, 6.45) is 6.95. The number of benzene rings is 2. The van der Waals surface area contributed by atoms with Gasteiger partial charge in [0, 0.05) is 38.6 Å². The molecule has 2 fully saturated rings. The van der Waals surface area contributed by atoms with E-state index in [2.05, 4.69) is 91.9 Å². The Labute approximate surface area is 195 Å². The van der Waals surface area contributed by atoms with E-state index in [1.807, 2.05) is 0 Å². The van der Waals surface area contributed by atoms with Crippen LogP contribution in [0.25, 0.3) is 6.08 Å². The van der Waals surface area contributed by atoms with Crippen molar-refractivity contribution in [1.29, 1.82) is 0 Å². The number of nitrogens with zero attached hydrogens (tertiary/aromatic N) is 5. The van der Waals surface area contributed by atoms with Crippen molar-refractivity contribution in [2.24, 2.45) is 0 Å². The van der Waals surface area contributed by atoms with E-state index in [9.17, 15) is 0 Å². The van der Waals surface area contributed by atoms with Gasteiger partial charge in [-0.2, -0.15) is 5.10 Å². The van der Waals surface area contributed by atoms with Crippen molar-refractivity contribution in [3.05, 3.63) is 88.5 Å². The topological polar surface area (TPSA) is 29.2 Å². The number of rotatable bonds is 8. The Hall–Kier alpha value is -2.54. The molecule has 0 radical (unpaired) electrons. The van der Waals surface area contributed by atoms with Gasteiger partial charge in [-0.05, 0) is 36.2 Å². The lowest BCUT2D eigenvalue weighted by molar-refractivity contribution is 0.110. The molecule has 166 valence electrons. The highest BCUT2D eigenvalue weighted by atomic mass is 32.1. The lowest BCUT2D eigenvalue weighted by Gasteiger charge is -2.33. The molecule has 0 atom stereocenters. The van der Waals surface area contributed by atoms with E-state index in [1.165, 1.54) is 29.8 Å². The number of aromatic nitrogens is 3. The van der Waals surface area contributed by atoms with Crippen LogP contribution >= 0.6 is 12.2 Å². The largest absolute Gasteiger partial charge is 0.299 e. The highest BCUT2D eigenvalue weighted by Crippen LogP contribution is 2.39. The summed E-state index contributed by atoms with van der Waals surface area (Å²) in [5.41, 5.74) is 2.54. The van der Waals surface area contributed by atoms with Gasteiger partial charge >= 0.3 is 0 Å². The van der Waals surface area contributed by atoms with Crippen LogP contribution in [0, 0.1) is 4.77 Å². The molecule has 1 saturated carbocycles. The summed E-state index contributed by atoms with van der Waals surface area (Å²) in [5, 5.41) is 4.97. The summed E-state index contributed by atoms with van der Waals surface area (Å²) in [4.78, 5) is 4.99. The van der Waals surface area contributed by atoms with Crippen LogP contribution in [0.3, 0.4) is 0 Å². The first-order chi connectivity index (χ1) is 15.8. The Morgan fingerprint density at radius 2 is 1.53 bits per heavy atom. The van der Waals surface area contributed by atoms with Crippen molar-refractivity contribution in [3.63, 3.8) is 0 Å². The minimum Gasteiger partial charge on any atom is -0.299 e. The fraction of sp³-hybridized carbons (Fsp3) is 0.385. The Bertz CT molecular complexity index is 1090. The van der Waals surface area contributed by atoms with Gasteiger partial charge in [0.1, 0.15) is 5.82 Å². The van der Waals surface area contributed by atoms with E-state index < -0.39 is 0 Å². The van der Waals surface area contributed by atoms with Crippen molar-refractivity contribution < 1.29 is 0 Å². The Balaban J connectivity index is 1.18. The minimum absolute atomic E-state index is 0.579. The van der Waals surface area contributed by atoms with E-state index >= 15 is 0 Å². The molecule has 0 spiro atoms. The normalized spacial score (nSPS) is 17.9. The van der Waals surface area contributed by atoms with Crippen LogP contribution in [0.15, 0.2) is 66.7 Å². The fourth-order valence-corrected chi connectivity index (χ4v) is 4.57. The zero-order chi connectivity index (χ0) is 21.8. The van der Waals surface area contributed by atoms with Gasteiger partial charge in [0.05, 0.1) is 13.2 Å².